The number of nitrogens with one attached hydrogen (secondary N) is 8. The SMILES string of the molecule is CC[C@H](C)[C@@H]1NC(=O)[C@H](Cc2ccc(O)cc2)NC(=O)CNC(=O)CC[C@@H](C(=O)N(C)CC(=O)N[C@H](C(=O)NCC(N)=O)C(C)(C)C)NC(=O)[C@H](CC(N)=O)NC(=O)[C@H](CCC(N)=O)NC1=O. The molecule has 0 unspecified atom stereocenters. The normalized spacial score (nSPS) is 21.3. The van der Waals surface area contributed by atoms with Crippen LogP contribution in [0.2, 0.25) is 0 Å². The molecule has 0 saturated carbocycles. The maximum absolute atomic E-state index is 14.0. The number of phenolic OH excluding ortho intramolecular Hbond substituents is 1. The topological polar surface area (TPSA) is 403 Å². The Labute approximate surface area is 386 Å². The van der Waals surface area contributed by atoms with E-state index in [-0.39, 0.29) is 12.2 Å². The Bertz CT molecular complexity index is 2020. The number of rotatable bonds is 16. The largest absolute Gasteiger partial charge is 0.508 e. The highest BCUT2D eigenvalue weighted by molar-refractivity contribution is 5.99. The second-order valence-corrected chi connectivity index (χ2v) is 17.3. The average molecular weight is 945 g/mol. The Morgan fingerprint density at radius 1 is 0.791 bits per heavy atom. The van der Waals surface area contributed by atoms with Crippen molar-refractivity contribution >= 4 is 70.9 Å². The molecule has 67 heavy (non-hydrogen) atoms. The first kappa shape index (κ1) is 55.8. The number of benzene rings is 1. The van der Waals surface area contributed by atoms with Gasteiger partial charge in [0.25, 0.3) is 0 Å². The first-order valence-corrected chi connectivity index (χ1v) is 21.4. The van der Waals surface area contributed by atoms with Crippen LogP contribution in [0.5, 0.6) is 5.75 Å². The third-order valence-electron chi connectivity index (χ3n) is 10.5. The minimum Gasteiger partial charge on any atom is -0.508 e. The van der Waals surface area contributed by atoms with Crippen LogP contribution in [-0.2, 0) is 64.0 Å². The molecule has 0 aliphatic carbocycles. The van der Waals surface area contributed by atoms with Gasteiger partial charge in [0.1, 0.15) is 42.0 Å². The van der Waals surface area contributed by atoms with E-state index >= 15 is 0 Å². The summed E-state index contributed by atoms with van der Waals surface area (Å²) in [6.45, 7) is 6.29. The Morgan fingerprint density at radius 2 is 1.39 bits per heavy atom. The Morgan fingerprint density at radius 3 is 1.96 bits per heavy atom. The zero-order chi connectivity index (χ0) is 50.8. The number of likely N-dealkylation sites (N-methyl/N-ethyl adjacent to an activating group) is 1. The van der Waals surface area contributed by atoms with Crippen LogP contribution in [0.4, 0.5) is 0 Å². The summed E-state index contributed by atoms with van der Waals surface area (Å²) in [6, 6.07) is -3.36. The molecule has 1 heterocycles. The first-order valence-electron chi connectivity index (χ1n) is 21.4. The molecule has 15 N–H and O–H groups in total. The molecule has 2 rings (SSSR count). The van der Waals surface area contributed by atoms with Crippen molar-refractivity contribution in [2.24, 2.45) is 28.5 Å². The Balaban J connectivity index is 2.60. The fraction of sp³-hybridized carbons (Fsp3) is 0.571. The van der Waals surface area contributed by atoms with Crippen LogP contribution in [0.1, 0.15) is 78.7 Å². The summed E-state index contributed by atoms with van der Waals surface area (Å²) in [5, 5.41) is 29.3. The lowest BCUT2D eigenvalue weighted by atomic mass is 9.86. The van der Waals surface area contributed by atoms with Crippen LogP contribution in [-0.4, -0.2) is 144 Å². The molecule has 1 saturated heterocycles. The van der Waals surface area contributed by atoms with Gasteiger partial charge in [0, 0.05) is 26.3 Å². The van der Waals surface area contributed by atoms with Gasteiger partial charge < -0.3 is 69.7 Å². The molecule has 1 fully saturated rings. The quantitative estimate of drug-likeness (QED) is 0.0740. The minimum atomic E-state index is -1.83. The zero-order valence-electron chi connectivity index (χ0n) is 38.4. The molecule has 0 bridgehead atoms. The summed E-state index contributed by atoms with van der Waals surface area (Å²) in [4.78, 5) is 158. The van der Waals surface area contributed by atoms with Crippen LogP contribution in [0, 0.1) is 11.3 Å². The van der Waals surface area contributed by atoms with Crippen molar-refractivity contribution < 1.29 is 62.6 Å². The number of primary amides is 3. The van der Waals surface area contributed by atoms with Crippen LogP contribution < -0.4 is 59.7 Å². The van der Waals surface area contributed by atoms with Crippen molar-refractivity contribution in [2.45, 2.75) is 116 Å². The summed E-state index contributed by atoms with van der Waals surface area (Å²) in [5.41, 5.74) is 15.5. The molecule has 370 valence electrons. The van der Waals surface area contributed by atoms with E-state index in [1.165, 1.54) is 31.3 Å². The zero-order valence-corrected chi connectivity index (χ0v) is 38.4. The average Bonchev–Trinajstić information content (AvgIpc) is 3.24. The number of carbonyl (C=O) groups excluding carboxylic acids is 12. The van der Waals surface area contributed by atoms with E-state index in [0.717, 1.165) is 4.90 Å². The van der Waals surface area contributed by atoms with Crippen molar-refractivity contribution in [1.82, 2.24) is 47.4 Å². The molecule has 0 aromatic heterocycles. The molecule has 1 aliphatic rings. The third kappa shape index (κ3) is 19.3. The van der Waals surface area contributed by atoms with Crippen molar-refractivity contribution in [1.29, 1.82) is 0 Å². The second-order valence-electron chi connectivity index (χ2n) is 17.3. The number of aromatic hydroxyl groups is 1. The summed E-state index contributed by atoms with van der Waals surface area (Å²) in [5.74, 6) is -11.8. The van der Waals surface area contributed by atoms with Crippen LogP contribution in [0.15, 0.2) is 24.3 Å². The highest BCUT2D eigenvalue weighted by atomic mass is 16.3. The van der Waals surface area contributed by atoms with Gasteiger partial charge >= 0.3 is 0 Å². The predicted octanol–water partition coefficient (Wildman–Crippen LogP) is -4.95. The van der Waals surface area contributed by atoms with Gasteiger partial charge in [0.2, 0.25) is 70.9 Å². The van der Waals surface area contributed by atoms with Crippen molar-refractivity contribution in [3.63, 3.8) is 0 Å². The molecule has 1 aromatic carbocycles. The molecular formula is C42H64N12O13. The van der Waals surface area contributed by atoms with Gasteiger partial charge in [-0.1, -0.05) is 53.2 Å². The van der Waals surface area contributed by atoms with Gasteiger partial charge in [-0.25, -0.2) is 0 Å². The molecule has 7 atom stereocenters. The monoisotopic (exact) mass is 944 g/mol. The van der Waals surface area contributed by atoms with Crippen LogP contribution >= 0.6 is 0 Å². The smallest absolute Gasteiger partial charge is 0.245 e. The van der Waals surface area contributed by atoms with Crippen molar-refractivity contribution in [3.8, 4) is 5.75 Å². The van der Waals surface area contributed by atoms with Crippen LogP contribution in [0.25, 0.3) is 0 Å². The summed E-state index contributed by atoms with van der Waals surface area (Å²) in [6.07, 6.45) is -2.63. The number of carbonyl (C=O) groups is 12. The first-order chi connectivity index (χ1) is 31.2. The highest BCUT2D eigenvalue weighted by Gasteiger charge is 2.37. The fourth-order valence-corrected chi connectivity index (χ4v) is 6.57. The highest BCUT2D eigenvalue weighted by Crippen LogP contribution is 2.20. The lowest BCUT2D eigenvalue weighted by Gasteiger charge is -2.31. The summed E-state index contributed by atoms with van der Waals surface area (Å²) in [7, 11) is 1.17. The standard InChI is InChI=1S/C42H64N12O13/c1-7-21(2)34-39(65)49-24(12-14-28(43)56)36(62)51-27(17-29(44)57)37(63)50-25(41(67)54(6)20-33(61)52-35(42(3,4)5)40(66)47-18-30(45)58)13-15-31(59)46-19-32(60)48-26(38(64)53-34)16-22-8-10-23(55)11-9-22/h8-11,21,24-27,34-35,55H,7,12-20H2,1-6H3,(H2,43,56)(H2,44,57)(H2,45,58)(H,46,59)(H,47,66)(H,48,60)(H,49,65)(H,50,63)(H,51,62)(H,52,61)(H,53,64)/t21-,24-,25-,26-,27-,34-,35+/m0/s1. The van der Waals surface area contributed by atoms with E-state index in [4.69, 9.17) is 17.2 Å². The lowest BCUT2D eigenvalue weighted by Crippen LogP contribution is -2.61. The fourth-order valence-electron chi connectivity index (χ4n) is 6.57. The summed E-state index contributed by atoms with van der Waals surface area (Å²) >= 11 is 0. The number of hydrogen-bond donors (Lipinski definition) is 12. The molecular weight excluding hydrogens is 881 g/mol. The molecule has 25 nitrogen and oxygen atoms in total. The molecule has 1 aliphatic heterocycles. The molecule has 0 radical (unpaired) electrons. The Kier molecular flexibility index (Phi) is 21.6. The van der Waals surface area contributed by atoms with E-state index in [1.807, 2.05) is 0 Å². The lowest BCUT2D eigenvalue weighted by molar-refractivity contribution is -0.140. The van der Waals surface area contributed by atoms with E-state index in [2.05, 4.69) is 42.5 Å². The number of hydrogen-bond acceptors (Lipinski definition) is 13. The van der Waals surface area contributed by atoms with Gasteiger partial charge in [-0.15, -0.1) is 0 Å². The maximum atomic E-state index is 14.0. The van der Waals surface area contributed by atoms with Gasteiger partial charge in [0.05, 0.1) is 26.1 Å². The molecule has 0 spiro atoms. The van der Waals surface area contributed by atoms with Crippen molar-refractivity contribution in [3.05, 3.63) is 29.8 Å². The predicted molar refractivity (Wildman–Crippen MR) is 237 cm³/mol. The number of nitrogens with zero attached hydrogens (tertiary/aromatic N) is 1. The van der Waals surface area contributed by atoms with Gasteiger partial charge in [-0.05, 0) is 41.9 Å². The third-order valence-corrected chi connectivity index (χ3v) is 10.5. The molecule has 12 amide bonds. The Hall–Kier alpha value is -7.34. The van der Waals surface area contributed by atoms with E-state index < -0.39 is 170 Å². The minimum absolute atomic E-state index is 0.0731. The van der Waals surface area contributed by atoms with Crippen LogP contribution in [0.3, 0.4) is 0 Å². The van der Waals surface area contributed by atoms with E-state index in [9.17, 15) is 62.6 Å². The van der Waals surface area contributed by atoms with E-state index in [1.54, 1.807) is 34.6 Å². The molecule has 25 heteroatoms. The number of amides is 12. The van der Waals surface area contributed by atoms with Crippen molar-refractivity contribution in [2.75, 3.05) is 26.7 Å². The van der Waals surface area contributed by atoms with E-state index in [0.29, 0.717) is 12.0 Å². The second kappa shape index (κ2) is 26.0. The molecule has 1 aromatic rings. The summed E-state index contributed by atoms with van der Waals surface area (Å²) < 4.78 is 0. The number of nitrogens with two attached hydrogens (primary N) is 3. The van der Waals surface area contributed by atoms with Gasteiger partial charge in [0.15, 0.2) is 0 Å². The van der Waals surface area contributed by atoms with Gasteiger partial charge in [-0.2, -0.15) is 0 Å². The maximum Gasteiger partial charge on any atom is 0.245 e. The number of phenols is 1. The van der Waals surface area contributed by atoms with Gasteiger partial charge in [-0.3, -0.25) is 57.5 Å².